The summed E-state index contributed by atoms with van der Waals surface area (Å²) >= 11 is 0. The van der Waals surface area contributed by atoms with Crippen LogP contribution in [0.5, 0.6) is 5.75 Å². The van der Waals surface area contributed by atoms with Gasteiger partial charge in [-0.15, -0.1) is 0 Å². The Balaban J connectivity index is 2.84. The predicted octanol–water partition coefficient (Wildman–Crippen LogP) is 1.26. The third-order valence-corrected chi connectivity index (χ3v) is 3.26. The molecule has 21 heavy (non-hydrogen) atoms. The average molecular weight is 293 g/mol. The number of rotatable bonds is 6. The second-order valence-corrected chi connectivity index (χ2v) is 4.67. The number of ether oxygens (including phenoxy) is 1. The maximum Gasteiger partial charge on any atom is 0.255 e. The molecule has 6 nitrogen and oxygen atoms in total. The van der Waals surface area contributed by atoms with Crippen LogP contribution in [-0.4, -0.2) is 43.0 Å². The van der Waals surface area contributed by atoms with Crippen molar-refractivity contribution in [3.63, 3.8) is 0 Å². The Kier molecular flexibility index (Phi) is 6.02. The minimum Gasteiger partial charge on any atom is -0.496 e. The molecular weight excluding hydrogens is 270 g/mol. The van der Waals surface area contributed by atoms with Gasteiger partial charge >= 0.3 is 0 Å². The highest BCUT2D eigenvalue weighted by Crippen LogP contribution is 2.21. The molecule has 2 amide bonds. The number of carbonyl (C=O) groups excluding carboxylic acids is 2. The molecule has 0 aromatic heterocycles. The van der Waals surface area contributed by atoms with Crippen LogP contribution in [0.3, 0.4) is 0 Å². The highest BCUT2D eigenvalue weighted by molar-refractivity contribution is 5.99. The molecule has 1 atom stereocenters. The Morgan fingerprint density at radius 1 is 1.33 bits per heavy atom. The second kappa shape index (κ2) is 7.52. The largest absolute Gasteiger partial charge is 0.496 e. The molecule has 0 aliphatic heterocycles. The van der Waals surface area contributed by atoms with E-state index in [1.807, 2.05) is 13.8 Å². The van der Waals surface area contributed by atoms with Crippen molar-refractivity contribution in [2.45, 2.75) is 26.8 Å². The summed E-state index contributed by atoms with van der Waals surface area (Å²) in [6, 6.07) is 4.18. The molecule has 0 radical (unpaired) electrons. The van der Waals surface area contributed by atoms with E-state index in [0.29, 0.717) is 30.1 Å². The number of benzene rings is 1. The van der Waals surface area contributed by atoms with Crippen molar-refractivity contribution in [3.8, 4) is 5.75 Å². The molecule has 1 aromatic carbocycles. The lowest BCUT2D eigenvalue weighted by Gasteiger charge is -2.23. The maximum absolute atomic E-state index is 12.2. The molecule has 1 aromatic rings. The molecule has 0 spiro atoms. The van der Waals surface area contributed by atoms with Crippen molar-refractivity contribution in [2.24, 2.45) is 0 Å². The fourth-order valence-corrected chi connectivity index (χ4v) is 2.04. The molecule has 0 heterocycles. The van der Waals surface area contributed by atoms with Crippen molar-refractivity contribution in [1.82, 2.24) is 10.2 Å². The number of nitrogen functional groups attached to an aromatic ring is 1. The van der Waals surface area contributed by atoms with Gasteiger partial charge in [0.05, 0.1) is 12.7 Å². The molecule has 0 aliphatic carbocycles. The van der Waals surface area contributed by atoms with Crippen LogP contribution in [0.4, 0.5) is 5.69 Å². The van der Waals surface area contributed by atoms with Crippen LogP contribution in [0.2, 0.25) is 0 Å². The van der Waals surface area contributed by atoms with E-state index in [1.165, 1.54) is 7.11 Å². The number of anilines is 1. The Hall–Kier alpha value is -2.24. The number of methoxy groups -OCH3 is 1. The lowest BCUT2D eigenvalue weighted by atomic mass is 10.1. The maximum atomic E-state index is 12.2. The van der Waals surface area contributed by atoms with Gasteiger partial charge in [-0.05, 0) is 32.9 Å². The third-order valence-electron chi connectivity index (χ3n) is 3.26. The van der Waals surface area contributed by atoms with Gasteiger partial charge in [0.1, 0.15) is 11.8 Å². The van der Waals surface area contributed by atoms with Gasteiger partial charge in [0, 0.05) is 24.8 Å². The second-order valence-electron chi connectivity index (χ2n) is 4.67. The third kappa shape index (κ3) is 4.11. The SMILES string of the molecule is CCN(CC)C(=O)C(C)NC(=O)c1ccc(N)cc1OC. The van der Waals surface area contributed by atoms with Gasteiger partial charge in [-0.3, -0.25) is 9.59 Å². The van der Waals surface area contributed by atoms with E-state index >= 15 is 0 Å². The fraction of sp³-hybridized carbons (Fsp3) is 0.467. The Labute approximate surface area is 125 Å². The molecule has 0 bridgehead atoms. The summed E-state index contributed by atoms with van der Waals surface area (Å²) in [7, 11) is 1.47. The number of likely N-dealkylation sites (N-methyl/N-ethyl adjacent to an activating group) is 1. The van der Waals surface area contributed by atoms with Crippen LogP contribution in [0.15, 0.2) is 18.2 Å². The predicted molar refractivity (Wildman–Crippen MR) is 82.3 cm³/mol. The summed E-state index contributed by atoms with van der Waals surface area (Å²) in [5.74, 6) is -0.0855. The van der Waals surface area contributed by atoms with E-state index in [0.717, 1.165) is 0 Å². The van der Waals surface area contributed by atoms with Crippen molar-refractivity contribution in [1.29, 1.82) is 0 Å². The lowest BCUT2D eigenvalue weighted by molar-refractivity contribution is -0.132. The number of hydrogen-bond donors (Lipinski definition) is 2. The van der Waals surface area contributed by atoms with Crippen LogP contribution >= 0.6 is 0 Å². The van der Waals surface area contributed by atoms with E-state index < -0.39 is 6.04 Å². The molecule has 0 saturated heterocycles. The van der Waals surface area contributed by atoms with Crippen LogP contribution in [0.25, 0.3) is 0 Å². The zero-order valence-electron chi connectivity index (χ0n) is 13.0. The van der Waals surface area contributed by atoms with Gasteiger partial charge in [-0.2, -0.15) is 0 Å². The first-order chi connectivity index (χ1) is 9.94. The number of nitrogens with one attached hydrogen (secondary N) is 1. The van der Waals surface area contributed by atoms with E-state index in [4.69, 9.17) is 10.5 Å². The minimum atomic E-state index is -0.598. The highest BCUT2D eigenvalue weighted by atomic mass is 16.5. The molecule has 1 rings (SSSR count). The topological polar surface area (TPSA) is 84.7 Å². The number of nitrogens with two attached hydrogens (primary N) is 1. The van der Waals surface area contributed by atoms with Crippen molar-refractivity contribution in [2.75, 3.05) is 25.9 Å². The standard InChI is InChI=1S/C15H23N3O3/c1-5-18(6-2)15(20)10(3)17-14(19)12-8-7-11(16)9-13(12)21-4/h7-10H,5-6,16H2,1-4H3,(H,17,19). The van der Waals surface area contributed by atoms with Crippen molar-refractivity contribution in [3.05, 3.63) is 23.8 Å². The number of amides is 2. The number of hydrogen-bond acceptors (Lipinski definition) is 4. The van der Waals surface area contributed by atoms with Gasteiger partial charge in [0.15, 0.2) is 0 Å². The lowest BCUT2D eigenvalue weighted by Crippen LogP contribution is -2.46. The van der Waals surface area contributed by atoms with Gasteiger partial charge in [-0.25, -0.2) is 0 Å². The zero-order valence-corrected chi connectivity index (χ0v) is 13.0. The average Bonchev–Trinajstić information content (AvgIpc) is 2.47. The summed E-state index contributed by atoms with van der Waals surface area (Å²) in [5, 5.41) is 2.69. The summed E-state index contributed by atoms with van der Waals surface area (Å²) in [6.45, 7) is 6.70. The van der Waals surface area contributed by atoms with Crippen LogP contribution in [-0.2, 0) is 4.79 Å². The zero-order chi connectivity index (χ0) is 16.0. The number of carbonyl (C=O) groups is 2. The summed E-state index contributed by atoms with van der Waals surface area (Å²) in [6.07, 6.45) is 0. The van der Waals surface area contributed by atoms with Crippen molar-refractivity contribution < 1.29 is 14.3 Å². The van der Waals surface area contributed by atoms with Gasteiger partial charge in [0.2, 0.25) is 5.91 Å². The van der Waals surface area contributed by atoms with Crippen LogP contribution < -0.4 is 15.8 Å². The van der Waals surface area contributed by atoms with Crippen molar-refractivity contribution >= 4 is 17.5 Å². The number of nitrogens with zero attached hydrogens (tertiary/aromatic N) is 1. The molecule has 6 heteroatoms. The van der Waals surface area contributed by atoms with E-state index in [1.54, 1.807) is 30.0 Å². The molecule has 3 N–H and O–H groups in total. The van der Waals surface area contributed by atoms with E-state index in [9.17, 15) is 9.59 Å². The Morgan fingerprint density at radius 3 is 2.48 bits per heavy atom. The molecule has 0 saturated carbocycles. The summed E-state index contributed by atoms with van der Waals surface area (Å²) in [4.78, 5) is 26.1. The highest BCUT2D eigenvalue weighted by Gasteiger charge is 2.22. The molecule has 116 valence electrons. The first kappa shape index (κ1) is 16.8. The molecule has 1 unspecified atom stereocenters. The fourth-order valence-electron chi connectivity index (χ4n) is 2.04. The normalized spacial score (nSPS) is 11.6. The Bertz CT molecular complexity index is 513. The molecule has 0 fully saturated rings. The summed E-state index contributed by atoms with van der Waals surface area (Å²) in [5.41, 5.74) is 6.52. The molecule has 0 aliphatic rings. The van der Waals surface area contributed by atoms with E-state index in [-0.39, 0.29) is 11.8 Å². The van der Waals surface area contributed by atoms with Crippen LogP contribution in [0.1, 0.15) is 31.1 Å². The summed E-state index contributed by atoms with van der Waals surface area (Å²) < 4.78 is 5.14. The van der Waals surface area contributed by atoms with Gasteiger partial charge < -0.3 is 20.7 Å². The smallest absolute Gasteiger partial charge is 0.255 e. The first-order valence-corrected chi connectivity index (χ1v) is 6.97. The van der Waals surface area contributed by atoms with Gasteiger partial charge in [0.25, 0.3) is 5.91 Å². The monoisotopic (exact) mass is 293 g/mol. The van der Waals surface area contributed by atoms with Crippen LogP contribution in [0, 0.1) is 0 Å². The molecular formula is C15H23N3O3. The van der Waals surface area contributed by atoms with Gasteiger partial charge in [-0.1, -0.05) is 0 Å². The minimum absolute atomic E-state index is 0.109. The van der Waals surface area contributed by atoms with E-state index in [2.05, 4.69) is 5.32 Å². The Morgan fingerprint density at radius 2 is 1.95 bits per heavy atom. The quantitative estimate of drug-likeness (QED) is 0.773. The first-order valence-electron chi connectivity index (χ1n) is 6.97.